The lowest BCUT2D eigenvalue weighted by Crippen LogP contribution is -2.54. The average Bonchev–Trinajstić information content (AvgIpc) is 2.88. The third kappa shape index (κ3) is 2.26. The van der Waals surface area contributed by atoms with Crippen LogP contribution in [-0.2, 0) is 6.54 Å². The summed E-state index contributed by atoms with van der Waals surface area (Å²) in [6.45, 7) is 9.07. The van der Waals surface area contributed by atoms with E-state index in [1.54, 1.807) is 0 Å². The van der Waals surface area contributed by atoms with Gasteiger partial charge in [-0.2, -0.15) is 0 Å². The van der Waals surface area contributed by atoms with Gasteiger partial charge in [-0.25, -0.2) is 0 Å². The second-order valence-corrected chi connectivity index (χ2v) is 5.58. The lowest BCUT2D eigenvalue weighted by molar-refractivity contribution is 0.0492. The van der Waals surface area contributed by atoms with Gasteiger partial charge in [-0.15, -0.1) is 0 Å². The van der Waals surface area contributed by atoms with E-state index in [1.807, 2.05) is 6.92 Å². The summed E-state index contributed by atoms with van der Waals surface area (Å²) in [4.78, 5) is 5.24. The van der Waals surface area contributed by atoms with E-state index in [9.17, 15) is 0 Å². The molecule has 2 saturated heterocycles. The van der Waals surface area contributed by atoms with Crippen LogP contribution < -0.4 is 0 Å². The Morgan fingerprint density at radius 1 is 1.35 bits per heavy atom. The summed E-state index contributed by atoms with van der Waals surface area (Å²) >= 11 is 0. The summed E-state index contributed by atoms with van der Waals surface area (Å²) < 4.78 is 5.69. The predicted octanol–water partition coefficient (Wildman–Crippen LogP) is 2.26. The first kappa shape index (κ1) is 11.3. The van der Waals surface area contributed by atoms with Crippen LogP contribution in [0.2, 0.25) is 0 Å². The molecule has 0 bridgehead atoms. The first-order valence-corrected chi connectivity index (χ1v) is 6.76. The fraction of sp³-hybridized carbons (Fsp3) is 0.714. The topological polar surface area (TPSA) is 19.6 Å². The van der Waals surface area contributed by atoms with E-state index in [4.69, 9.17) is 4.42 Å². The minimum atomic E-state index is 0.648. The molecule has 17 heavy (non-hydrogen) atoms. The van der Waals surface area contributed by atoms with E-state index in [2.05, 4.69) is 28.9 Å². The summed E-state index contributed by atoms with van der Waals surface area (Å²) in [6.07, 6.45) is 2.76. The number of furan rings is 1. The lowest BCUT2D eigenvalue weighted by Gasteiger charge is -2.41. The van der Waals surface area contributed by atoms with E-state index in [0.29, 0.717) is 6.04 Å². The van der Waals surface area contributed by atoms with Crippen LogP contribution in [0.1, 0.15) is 31.3 Å². The molecule has 3 heteroatoms. The van der Waals surface area contributed by atoms with Gasteiger partial charge in [0.25, 0.3) is 0 Å². The maximum atomic E-state index is 5.69. The third-order valence-corrected chi connectivity index (χ3v) is 4.22. The van der Waals surface area contributed by atoms with Crippen molar-refractivity contribution in [2.24, 2.45) is 0 Å². The monoisotopic (exact) mass is 234 g/mol. The van der Waals surface area contributed by atoms with E-state index in [1.165, 1.54) is 32.5 Å². The molecule has 1 unspecified atom stereocenters. The van der Waals surface area contributed by atoms with Crippen molar-refractivity contribution >= 4 is 0 Å². The van der Waals surface area contributed by atoms with E-state index >= 15 is 0 Å². The Labute approximate surface area is 103 Å². The van der Waals surface area contributed by atoms with E-state index in [0.717, 1.165) is 24.1 Å². The highest BCUT2D eigenvalue weighted by atomic mass is 16.3. The van der Waals surface area contributed by atoms with Crippen LogP contribution in [-0.4, -0.2) is 41.5 Å². The van der Waals surface area contributed by atoms with Crippen LogP contribution in [0.3, 0.4) is 0 Å². The third-order valence-electron chi connectivity index (χ3n) is 4.22. The molecule has 1 aromatic heterocycles. The molecule has 2 aliphatic rings. The van der Waals surface area contributed by atoms with Gasteiger partial charge >= 0.3 is 0 Å². The largest absolute Gasteiger partial charge is 0.465 e. The fourth-order valence-corrected chi connectivity index (χ4v) is 3.24. The maximum absolute atomic E-state index is 5.69. The van der Waals surface area contributed by atoms with Crippen molar-refractivity contribution in [2.45, 2.75) is 45.3 Å². The molecule has 3 rings (SSSR count). The molecule has 2 atom stereocenters. The van der Waals surface area contributed by atoms with Gasteiger partial charge in [0.1, 0.15) is 11.5 Å². The summed E-state index contributed by atoms with van der Waals surface area (Å²) in [5.41, 5.74) is 0. The molecule has 2 fully saturated rings. The molecule has 3 heterocycles. The van der Waals surface area contributed by atoms with Crippen LogP contribution in [0.4, 0.5) is 0 Å². The van der Waals surface area contributed by atoms with Crippen LogP contribution in [0.15, 0.2) is 16.5 Å². The van der Waals surface area contributed by atoms with Crippen molar-refractivity contribution in [2.75, 3.05) is 19.6 Å². The van der Waals surface area contributed by atoms with Gasteiger partial charge < -0.3 is 4.42 Å². The number of hydrogen-bond donors (Lipinski definition) is 0. The van der Waals surface area contributed by atoms with E-state index in [-0.39, 0.29) is 0 Å². The van der Waals surface area contributed by atoms with E-state index < -0.39 is 0 Å². The van der Waals surface area contributed by atoms with Gasteiger partial charge in [-0.3, -0.25) is 9.80 Å². The Morgan fingerprint density at radius 3 is 3.00 bits per heavy atom. The molecule has 1 aromatic rings. The Morgan fingerprint density at radius 2 is 2.24 bits per heavy atom. The van der Waals surface area contributed by atoms with Crippen molar-refractivity contribution in [1.29, 1.82) is 0 Å². The van der Waals surface area contributed by atoms with Crippen LogP contribution in [0.25, 0.3) is 0 Å². The summed E-state index contributed by atoms with van der Waals surface area (Å²) in [6, 6.07) is 5.62. The van der Waals surface area contributed by atoms with Gasteiger partial charge in [0.2, 0.25) is 0 Å². The van der Waals surface area contributed by atoms with Crippen molar-refractivity contribution in [1.82, 2.24) is 9.80 Å². The molecule has 0 saturated carbocycles. The molecule has 0 amide bonds. The second kappa shape index (κ2) is 4.46. The summed E-state index contributed by atoms with van der Waals surface area (Å²) in [5.74, 6) is 2.13. The zero-order chi connectivity index (χ0) is 11.8. The minimum absolute atomic E-state index is 0.648. The predicted molar refractivity (Wildman–Crippen MR) is 67.9 cm³/mol. The van der Waals surface area contributed by atoms with Crippen molar-refractivity contribution in [3.8, 4) is 0 Å². The molecule has 0 N–H and O–H groups in total. The smallest absolute Gasteiger partial charge is 0.118 e. The highest BCUT2D eigenvalue weighted by molar-refractivity contribution is 5.06. The SMILES string of the molecule is Cc1ccc(CN2CC3CCCN3C[C@H]2C)o1. The Hall–Kier alpha value is -0.800. The molecule has 0 aromatic carbocycles. The van der Waals surface area contributed by atoms with Crippen molar-refractivity contribution in [3.63, 3.8) is 0 Å². The molecular weight excluding hydrogens is 212 g/mol. The van der Waals surface area contributed by atoms with Crippen LogP contribution in [0.5, 0.6) is 0 Å². The molecule has 94 valence electrons. The second-order valence-electron chi connectivity index (χ2n) is 5.58. The molecule has 0 radical (unpaired) electrons. The normalized spacial score (nSPS) is 30.7. The Kier molecular flexibility index (Phi) is 2.97. The van der Waals surface area contributed by atoms with Crippen LogP contribution >= 0.6 is 0 Å². The highest BCUT2D eigenvalue weighted by Crippen LogP contribution is 2.25. The molecular formula is C14H22N2O. The zero-order valence-electron chi connectivity index (χ0n) is 10.9. The average molecular weight is 234 g/mol. The quantitative estimate of drug-likeness (QED) is 0.782. The Bertz CT molecular complexity index is 387. The first-order chi connectivity index (χ1) is 8.22. The van der Waals surface area contributed by atoms with Gasteiger partial charge in [-0.1, -0.05) is 0 Å². The number of aryl methyl sites for hydroxylation is 1. The zero-order valence-corrected chi connectivity index (χ0v) is 10.9. The van der Waals surface area contributed by atoms with Crippen molar-refractivity contribution < 1.29 is 4.42 Å². The number of rotatable bonds is 2. The fourth-order valence-electron chi connectivity index (χ4n) is 3.24. The Balaban J connectivity index is 1.66. The lowest BCUT2D eigenvalue weighted by atomic mass is 10.1. The molecule has 0 aliphatic carbocycles. The standard InChI is InChI=1S/C14H22N2O/c1-11-8-15-7-3-4-13(15)9-16(11)10-14-6-5-12(2)17-14/h5-6,11,13H,3-4,7-10H2,1-2H3/t11-,13?/m1/s1. The van der Waals surface area contributed by atoms with Gasteiger partial charge in [-0.05, 0) is 45.4 Å². The summed E-state index contributed by atoms with van der Waals surface area (Å²) in [5, 5.41) is 0. The maximum Gasteiger partial charge on any atom is 0.118 e. The van der Waals surface area contributed by atoms with Gasteiger partial charge in [0, 0.05) is 25.2 Å². The highest BCUT2D eigenvalue weighted by Gasteiger charge is 2.34. The molecule has 2 aliphatic heterocycles. The number of hydrogen-bond acceptors (Lipinski definition) is 3. The first-order valence-electron chi connectivity index (χ1n) is 6.76. The number of fused-ring (bicyclic) bond motifs is 1. The molecule has 0 spiro atoms. The van der Waals surface area contributed by atoms with Crippen molar-refractivity contribution in [3.05, 3.63) is 23.7 Å². The summed E-state index contributed by atoms with van der Waals surface area (Å²) in [7, 11) is 0. The number of nitrogens with zero attached hydrogens (tertiary/aromatic N) is 2. The van der Waals surface area contributed by atoms with Gasteiger partial charge in [0.05, 0.1) is 6.54 Å². The minimum Gasteiger partial charge on any atom is -0.465 e. The van der Waals surface area contributed by atoms with Gasteiger partial charge in [0.15, 0.2) is 0 Å². The van der Waals surface area contributed by atoms with Crippen LogP contribution in [0, 0.1) is 6.92 Å². The molecule has 3 nitrogen and oxygen atoms in total. The number of piperazine rings is 1.